The van der Waals surface area contributed by atoms with Crippen molar-refractivity contribution in [3.05, 3.63) is 65.2 Å². The Bertz CT molecular complexity index is 1260. The number of carboxylic acids is 1. The van der Waals surface area contributed by atoms with Gasteiger partial charge in [0.2, 0.25) is 11.8 Å². The van der Waals surface area contributed by atoms with Crippen molar-refractivity contribution in [2.75, 3.05) is 19.6 Å². The van der Waals surface area contributed by atoms with Crippen LogP contribution in [0.5, 0.6) is 5.75 Å². The number of nitrogens with zero attached hydrogens (tertiary/aromatic N) is 2. The van der Waals surface area contributed by atoms with E-state index in [0.29, 0.717) is 11.3 Å². The SMILES string of the molecule is CCN(CC)CC.Cc1ccc(OC(=O)C(C(=O)NC2C(=O)N3C2SC(C)(C)C3C(=O)O)c2ccccc2)c(C)c1. The molecule has 2 heterocycles. The summed E-state index contributed by atoms with van der Waals surface area (Å²) in [5, 5.41) is 11.8. The molecule has 0 aromatic heterocycles. The van der Waals surface area contributed by atoms with E-state index in [4.69, 9.17) is 4.74 Å². The van der Waals surface area contributed by atoms with E-state index >= 15 is 0 Å². The standard InChI is InChI=1S/C25H26N2O6S.C6H15N/c1-13-10-11-16(14(2)12-13)33-24(32)17(15-8-6-5-7-9-15)20(28)26-18-21(29)27-19(23(30)31)25(3,4)34-22(18)27;1-4-7(5-2)6-3/h5-12,17-19,22H,1-4H3,(H,26,28)(H,30,31);4-6H2,1-3H3. The molecule has 222 valence electrons. The fourth-order valence-electron chi connectivity index (χ4n) is 5.17. The van der Waals surface area contributed by atoms with Crippen LogP contribution in [0.25, 0.3) is 0 Å². The number of aryl methyl sites for hydroxylation is 2. The maximum absolute atomic E-state index is 13.3. The van der Waals surface area contributed by atoms with Crippen molar-refractivity contribution >= 4 is 35.5 Å². The molecule has 2 aromatic rings. The summed E-state index contributed by atoms with van der Waals surface area (Å²) in [6, 6.07) is 12.0. The molecule has 41 heavy (non-hydrogen) atoms. The normalized spacial score (nSPS) is 21.2. The van der Waals surface area contributed by atoms with Crippen molar-refractivity contribution < 1.29 is 29.0 Å². The van der Waals surface area contributed by atoms with Crippen LogP contribution in [0.3, 0.4) is 0 Å². The van der Waals surface area contributed by atoms with Crippen LogP contribution in [-0.4, -0.2) is 80.5 Å². The number of esters is 1. The van der Waals surface area contributed by atoms with Gasteiger partial charge in [-0.3, -0.25) is 14.4 Å². The van der Waals surface area contributed by atoms with Gasteiger partial charge in [-0.05, 0) is 64.5 Å². The topological polar surface area (TPSA) is 116 Å². The Kier molecular flexibility index (Phi) is 10.6. The molecule has 2 aliphatic rings. The first-order valence-electron chi connectivity index (χ1n) is 14.0. The summed E-state index contributed by atoms with van der Waals surface area (Å²) in [6.07, 6.45) is 0. The zero-order chi connectivity index (χ0) is 30.5. The van der Waals surface area contributed by atoms with Crippen LogP contribution in [0.4, 0.5) is 0 Å². The molecule has 2 amide bonds. The molecule has 0 spiro atoms. The third-order valence-electron chi connectivity index (χ3n) is 7.49. The van der Waals surface area contributed by atoms with Crippen molar-refractivity contribution in [3.63, 3.8) is 0 Å². The van der Waals surface area contributed by atoms with E-state index in [9.17, 15) is 24.3 Å². The van der Waals surface area contributed by atoms with Crippen molar-refractivity contribution in [2.45, 2.75) is 76.6 Å². The van der Waals surface area contributed by atoms with Crippen LogP contribution in [0.2, 0.25) is 0 Å². The molecule has 2 N–H and O–H groups in total. The van der Waals surface area contributed by atoms with Gasteiger partial charge in [0.05, 0.1) is 0 Å². The highest BCUT2D eigenvalue weighted by Gasteiger charge is 2.64. The molecule has 2 saturated heterocycles. The van der Waals surface area contributed by atoms with Gasteiger partial charge in [-0.2, -0.15) is 0 Å². The minimum atomic E-state index is -1.29. The highest BCUT2D eigenvalue weighted by atomic mass is 32.2. The zero-order valence-electron chi connectivity index (χ0n) is 24.8. The number of hydrogen-bond donors (Lipinski definition) is 2. The van der Waals surface area contributed by atoms with E-state index in [2.05, 4.69) is 31.0 Å². The highest BCUT2D eigenvalue weighted by molar-refractivity contribution is 8.01. The highest BCUT2D eigenvalue weighted by Crippen LogP contribution is 2.50. The molecule has 4 rings (SSSR count). The molecule has 4 unspecified atom stereocenters. The lowest BCUT2D eigenvalue weighted by Gasteiger charge is -2.43. The second-order valence-electron chi connectivity index (χ2n) is 10.7. The molecule has 10 heteroatoms. The lowest BCUT2D eigenvalue weighted by molar-refractivity contribution is -0.161. The minimum Gasteiger partial charge on any atom is -0.480 e. The van der Waals surface area contributed by atoms with E-state index in [0.717, 1.165) is 11.1 Å². The van der Waals surface area contributed by atoms with E-state index in [1.165, 1.54) is 36.3 Å². The molecule has 0 saturated carbocycles. The monoisotopic (exact) mass is 583 g/mol. The maximum atomic E-state index is 13.3. The Hall–Kier alpha value is -3.37. The summed E-state index contributed by atoms with van der Waals surface area (Å²) in [5.41, 5.74) is 2.20. The van der Waals surface area contributed by atoms with Crippen LogP contribution in [0.15, 0.2) is 48.5 Å². The molecule has 4 atom stereocenters. The molecule has 0 aliphatic carbocycles. The van der Waals surface area contributed by atoms with Crippen molar-refractivity contribution in [1.29, 1.82) is 0 Å². The van der Waals surface area contributed by atoms with Crippen LogP contribution in [-0.2, 0) is 19.2 Å². The molecule has 2 aliphatic heterocycles. The third kappa shape index (κ3) is 7.11. The van der Waals surface area contributed by atoms with E-state index in [1.54, 1.807) is 50.2 Å². The molecule has 2 fully saturated rings. The van der Waals surface area contributed by atoms with Gasteiger partial charge in [0, 0.05) is 4.75 Å². The lowest BCUT2D eigenvalue weighted by atomic mass is 9.94. The number of hydrogen-bond acceptors (Lipinski definition) is 7. The summed E-state index contributed by atoms with van der Waals surface area (Å²) < 4.78 is 4.87. The number of thioether (sulfide) groups is 1. The largest absolute Gasteiger partial charge is 0.480 e. The molecule has 0 bridgehead atoms. The van der Waals surface area contributed by atoms with Crippen LogP contribution >= 0.6 is 11.8 Å². The predicted molar refractivity (Wildman–Crippen MR) is 160 cm³/mol. The Morgan fingerprint density at radius 2 is 1.66 bits per heavy atom. The fraction of sp³-hybridized carbons (Fsp3) is 0.484. The Labute approximate surface area is 246 Å². The number of carbonyl (C=O) groups is 4. The van der Waals surface area contributed by atoms with Gasteiger partial charge < -0.3 is 25.0 Å². The summed E-state index contributed by atoms with van der Waals surface area (Å²) in [4.78, 5) is 54.7. The molecule has 9 nitrogen and oxygen atoms in total. The van der Waals surface area contributed by atoms with E-state index in [1.807, 2.05) is 26.0 Å². The number of amides is 2. The summed E-state index contributed by atoms with van der Waals surface area (Å²) >= 11 is 1.32. The second-order valence-corrected chi connectivity index (χ2v) is 12.5. The zero-order valence-corrected chi connectivity index (χ0v) is 25.7. The number of carbonyl (C=O) groups excluding carboxylic acids is 3. The number of carboxylic acid groups (broad SMARTS) is 1. The minimum absolute atomic E-state index is 0.354. The summed E-state index contributed by atoms with van der Waals surface area (Å²) in [5.74, 6) is -3.93. The number of rotatable bonds is 9. The number of aliphatic carboxylic acids is 1. The van der Waals surface area contributed by atoms with Gasteiger partial charge in [-0.1, -0.05) is 68.8 Å². The van der Waals surface area contributed by atoms with Gasteiger partial charge in [-0.25, -0.2) is 4.79 Å². The van der Waals surface area contributed by atoms with Crippen LogP contribution in [0, 0.1) is 13.8 Å². The fourth-order valence-corrected chi connectivity index (χ4v) is 6.80. The number of fused-ring (bicyclic) bond motifs is 1. The first-order valence-corrected chi connectivity index (χ1v) is 14.8. The Balaban J connectivity index is 0.000000587. The average Bonchev–Trinajstić information content (AvgIpc) is 3.19. The van der Waals surface area contributed by atoms with Gasteiger partial charge in [0.1, 0.15) is 23.2 Å². The van der Waals surface area contributed by atoms with E-state index in [-0.39, 0.29) is 0 Å². The lowest BCUT2D eigenvalue weighted by Crippen LogP contribution is -2.71. The molecular formula is C31H41N3O6S. The predicted octanol–water partition coefficient (Wildman–Crippen LogP) is 3.97. The smallest absolute Gasteiger partial charge is 0.328 e. The number of β-lactam (4-membered cyclic amide) rings is 1. The van der Waals surface area contributed by atoms with Crippen molar-refractivity contribution in [3.8, 4) is 5.75 Å². The van der Waals surface area contributed by atoms with E-state index < -0.39 is 51.9 Å². The summed E-state index contributed by atoms with van der Waals surface area (Å²) in [6.45, 7) is 17.4. The second kappa shape index (κ2) is 13.5. The van der Waals surface area contributed by atoms with Gasteiger partial charge in [0.25, 0.3) is 0 Å². The molecule has 2 aromatic carbocycles. The summed E-state index contributed by atoms with van der Waals surface area (Å²) in [7, 11) is 0. The van der Waals surface area contributed by atoms with Gasteiger partial charge in [0.15, 0.2) is 5.92 Å². The molecular weight excluding hydrogens is 542 g/mol. The number of ether oxygens (including phenoxy) is 1. The Morgan fingerprint density at radius 1 is 1.05 bits per heavy atom. The van der Waals surface area contributed by atoms with Crippen LogP contribution < -0.4 is 10.1 Å². The Morgan fingerprint density at radius 3 is 2.17 bits per heavy atom. The first kappa shape index (κ1) is 32.1. The van der Waals surface area contributed by atoms with Gasteiger partial charge >= 0.3 is 11.9 Å². The maximum Gasteiger partial charge on any atom is 0.328 e. The number of benzene rings is 2. The molecule has 0 radical (unpaired) electrons. The number of nitrogens with one attached hydrogen (secondary N) is 1. The van der Waals surface area contributed by atoms with Crippen molar-refractivity contribution in [1.82, 2.24) is 15.1 Å². The van der Waals surface area contributed by atoms with Crippen molar-refractivity contribution in [2.24, 2.45) is 0 Å². The van der Waals surface area contributed by atoms with Gasteiger partial charge in [-0.15, -0.1) is 11.8 Å². The first-order chi connectivity index (χ1) is 19.4. The van der Waals surface area contributed by atoms with Crippen LogP contribution in [0.1, 0.15) is 57.2 Å². The quantitative estimate of drug-likeness (QED) is 0.197. The average molecular weight is 584 g/mol. The third-order valence-corrected chi connectivity index (χ3v) is 9.06.